The smallest absolute Gasteiger partial charge is 0.135 e. The molecule has 0 atom stereocenters. The van der Waals surface area contributed by atoms with Crippen LogP contribution >= 0.6 is 0 Å². The van der Waals surface area contributed by atoms with Crippen LogP contribution in [0.1, 0.15) is 82.3 Å². The fourth-order valence-electron chi connectivity index (χ4n) is 3.54. The minimum Gasteiger partial charge on any atom is -0.299 e. The van der Waals surface area contributed by atoms with Gasteiger partial charge in [0.2, 0.25) is 0 Å². The molecule has 0 radical (unpaired) electrons. The zero-order valence-corrected chi connectivity index (χ0v) is 13.7. The fourth-order valence-corrected chi connectivity index (χ4v) is 3.54. The number of ketones is 1. The summed E-state index contributed by atoms with van der Waals surface area (Å²) in [5.41, 5.74) is 2.95. The van der Waals surface area contributed by atoms with Crippen molar-refractivity contribution in [2.24, 2.45) is 5.92 Å². The maximum Gasteiger partial charge on any atom is 0.135 e. The highest BCUT2D eigenvalue weighted by atomic mass is 16.1. The average molecular weight is 286 g/mol. The lowest BCUT2D eigenvalue weighted by molar-refractivity contribution is -0.123. The molecule has 1 nitrogen and oxygen atoms in total. The monoisotopic (exact) mass is 286 g/mol. The molecule has 0 bridgehead atoms. The lowest BCUT2D eigenvalue weighted by Crippen LogP contribution is -2.20. The lowest BCUT2D eigenvalue weighted by Gasteiger charge is -2.28. The summed E-state index contributed by atoms with van der Waals surface area (Å²) in [5, 5.41) is 0. The molecule has 0 spiro atoms. The molecule has 21 heavy (non-hydrogen) atoms. The van der Waals surface area contributed by atoms with Gasteiger partial charge in [-0.15, -0.1) is 0 Å². The van der Waals surface area contributed by atoms with Crippen molar-refractivity contribution in [2.75, 3.05) is 0 Å². The molecule has 0 unspecified atom stereocenters. The molecule has 0 saturated heterocycles. The van der Waals surface area contributed by atoms with Crippen molar-refractivity contribution in [1.82, 2.24) is 0 Å². The maximum atomic E-state index is 12.0. The van der Waals surface area contributed by atoms with Crippen LogP contribution in [0.4, 0.5) is 0 Å². The van der Waals surface area contributed by atoms with Crippen molar-refractivity contribution < 1.29 is 4.79 Å². The number of aryl methyl sites for hydroxylation is 1. The van der Waals surface area contributed by atoms with Crippen LogP contribution in [-0.4, -0.2) is 5.78 Å². The zero-order chi connectivity index (χ0) is 15.1. The minimum atomic E-state index is 0.352. The molecule has 0 aliphatic heterocycles. The van der Waals surface area contributed by atoms with Crippen LogP contribution in [0, 0.1) is 5.92 Å². The highest BCUT2D eigenvalue weighted by molar-refractivity contribution is 5.81. The van der Waals surface area contributed by atoms with Gasteiger partial charge in [-0.2, -0.15) is 0 Å². The summed E-state index contributed by atoms with van der Waals surface area (Å²) in [5.74, 6) is 1.53. The van der Waals surface area contributed by atoms with E-state index in [9.17, 15) is 4.79 Å². The maximum absolute atomic E-state index is 12.0. The minimum absolute atomic E-state index is 0.352. The van der Waals surface area contributed by atoms with Crippen LogP contribution < -0.4 is 0 Å². The second-order valence-corrected chi connectivity index (χ2v) is 6.61. The van der Waals surface area contributed by atoms with E-state index in [0.29, 0.717) is 17.6 Å². The standard InChI is InChI=1S/C20H30O/c1-3-5-7-16-8-10-17(11-9-16)18-12-14-19(15-13-18)20(21)6-4-2/h8-11,18-19H,3-7,12-15H2,1-2H3. The van der Waals surface area contributed by atoms with E-state index in [2.05, 4.69) is 38.1 Å². The molecule has 1 aromatic carbocycles. The quantitative estimate of drug-likeness (QED) is 0.631. The summed E-state index contributed by atoms with van der Waals surface area (Å²) in [6, 6.07) is 9.26. The van der Waals surface area contributed by atoms with Gasteiger partial charge in [0, 0.05) is 12.3 Å². The SMILES string of the molecule is CCCCc1ccc(C2CCC(C(=O)CCC)CC2)cc1. The summed E-state index contributed by atoms with van der Waals surface area (Å²) in [7, 11) is 0. The normalized spacial score (nSPS) is 22.2. The molecule has 0 heterocycles. The van der Waals surface area contributed by atoms with E-state index in [1.807, 2.05) is 0 Å². The van der Waals surface area contributed by atoms with Gasteiger partial charge in [0.25, 0.3) is 0 Å². The van der Waals surface area contributed by atoms with E-state index in [1.54, 1.807) is 0 Å². The van der Waals surface area contributed by atoms with Crippen LogP contribution in [0.25, 0.3) is 0 Å². The lowest BCUT2D eigenvalue weighted by atomic mass is 9.76. The third kappa shape index (κ3) is 4.69. The molecule has 0 aromatic heterocycles. The molecular weight excluding hydrogens is 256 g/mol. The number of rotatable bonds is 7. The van der Waals surface area contributed by atoms with Crippen LogP contribution in [0.3, 0.4) is 0 Å². The average Bonchev–Trinajstić information content (AvgIpc) is 2.54. The first-order valence-corrected chi connectivity index (χ1v) is 8.86. The number of benzene rings is 1. The zero-order valence-electron chi connectivity index (χ0n) is 13.7. The second kappa shape index (κ2) is 8.36. The van der Waals surface area contributed by atoms with Crippen molar-refractivity contribution >= 4 is 5.78 Å². The predicted molar refractivity (Wildman–Crippen MR) is 89.7 cm³/mol. The van der Waals surface area contributed by atoms with E-state index in [4.69, 9.17) is 0 Å². The molecule has 1 heteroatoms. The number of Topliss-reactive ketones (excluding diaryl/α,β-unsaturated/α-hetero) is 1. The predicted octanol–water partition coefficient (Wildman–Crippen LogP) is 5.67. The Balaban J connectivity index is 1.85. The Bertz CT molecular complexity index is 424. The number of hydrogen-bond donors (Lipinski definition) is 0. The van der Waals surface area contributed by atoms with Gasteiger partial charge < -0.3 is 0 Å². The van der Waals surface area contributed by atoms with Crippen molar-refractivity contribution in [3.8, 4) is 0 Å². The highest BCUT2D eigenvalue weighted by Gasteiger charge is 2.26. The molecule has 1 saturated carbocycles. The first-order chi connectivity index (χ1) is 10.2. The first kappa shape index (κ1) is 16.3. The summed E-state index contributed by atoms with van der Waals surface area (Å²) in [4.78, 5) is 12.0. The van der Waals surface area contributed by atoms with Gasteiger partial charge in [0.15, 0.2) is 0 Å². The Labute approximate surface area is 130 Å². The van der Waals surface area contributed by atoms with Crippen molar-refractivity contribution in [3.05, 3.63) is 35.4 Å². The van der Waals surface area contributed by atoms with Crippen LogP contribution in [0.2, 0.25) is 0 Å². The Morgan fingerprint density at radius 3 is 2.24 bits per heavy atom. The van der Waals surface area contributed by atoms with Gasteiger partial charge in [-0.1, -0.05) is 44.5 Å². The largest absolute Gasteiger partial charge is 0.299 e. The van der Waals surface area contributed by atoms with E-state index in [0.717, 1.165) is 25.7 Å². The summed E-state index contributed by atoms with van der Waals surface area (Å²) in [6.07, 6.45) is 10.1. The number of carbonyl (C=O) groups excluding carboxylic acids is 1. The fraction of sp³-hybridized carbons (Fsp3) is 0.650. The van der Waals surface area contributed by atoms with Gasteiger partial charge in [0.1, 0.15) is 5.78 Å². The van der Waals surface area contributed by atoms with Crippen LogP contribution in [-0.2, 0) is 11.2 Å². The Kier molecular flexibility index (Phi) is 6.48. The summed E-state index contributed by atoms with van der Waals surface area (Å²) < 4.78 is 0. The second-order valence-electron chi connectivity index (χ2n) is 6.61. The molecule has 1 aliphatic carbocycles. The molecule has 1 fully saturated rings. The van der Waals surface area contributed by atoms with Crippen LogP contribution in [0.5, 0.6) is 0 Å². The topological polar surface area (TPSA) is 17.1 Å². The first-order valence-electron chi connectivity index (χ1n) is 8.86. The van der Waals surface area contributed by atoms with Gasteiger partial charge >= 0.3 is 0 Å². The molecular formula is C20H30O. The number of hydrogen-bond acceptors (Lipinski definition) is 1. The highest BCUT2D eigenvalue weighted by Crippen LogP contribution is 2.36. The third-order valence-electron chi connectivity index (χ3n) is 4.95. The Hall–Kier alpha value is -1.11. The Morgan fingerprint density at radius 2 is 1.67 bits per heavy atom. The van der Waals surface area contributed by atoms with Gasteiger partial charge in [-0.3, -0.25) is 4.79 Å². The third-order valence-corrected chi connectivity index (χ3v) is 4.95. The molecule has 116 valence electrons. The van der Waals surface area contributed by atoms with E-state index in [1.165, 1.54) is 43.2 Å². The molecule has 0 amide bonds. The van der Waals surface area contributed by atoms with Gasteiger partial charge in [-0.25, -0.2) is 0 Å². The number of carbonyl (C=O) groups is 1. The van der Waals surface area contributed by atoms with E-state index in [-0.39, 0.29) is 0 Å². The van der Waals surface area contributed by atoms with E-state index < -0.39 is 0 Å². The summed E-state index contributed by atoms with van der Waals surface area (Å²) >= 11 is 0. The van der Waals surface area contributed by atoms with Gasteiger partial charge in [-0.05, 0) is 62.0 Å². The molecule has 1 aliphatic rings. The van der Waals surface area contributed by atoms with Crippen LogP contribution in [0.15, 0.2) is 24.3 Å². The van der Waals surface area contributed by atoms with Gasteiger partial charge in [0.05, 0.1) is 0 Å². The van der Waals surface area contributed by atoms with Crippen molar-refractivity contribution in [1.29, 1.82) is 0 Å². The molecule has 2 rings (SSSR count). The van der Waals surface area contributed by atoms with Crippen molar-refractivity contribution in [2.45, 2.75) is 77.6 Å². The molecule has 1 aromatic rings. The number of unbranched alkanes of at least 4 members (excludes halogenated alkanes) is 1. The summed E-state index contributed by atoms with van der Waals surface area (Å²) in [6.45, 7) is 4.34. The van der Waals surface area contributed by atoms with E-state index >= 15 is 0 Å². The molecule has 0 N–H and O–H groups in total. The van der Waals surface area contributed by atoms with Crippen molar-refractivity contribution in [3.63, 3.8) is 0 Å². The Morgan fingerprint density at radius 1 is 1.00 bits per heavy atom.